The summed E-state index contributed by atoms with van der Waals surface area (Å²) in [5, 5.41) is 2.67. The average molecular weight is 180 g/mol. The summed E-state index contributed by atoms with van der Waals surface area (Å²) in [4.78, 5) is 24.2. The predicted octanol–water partition coefficient (Wildman–Crippen LogP) is 1.40. The number of aryl methyl sites for hydroxylation is 1. The summed E-state index contributed by atoms with van der Waals surface area (Å²) in [6.45, 7) is 5.04. The maximum Gasteiger partial charge on any atom is 0.221 e. The van der Waals surface area contributed by atoms with Crippen LogP contribution in [-0.4, -0.2) is 17.2 Å². The number of hydrogen-bond acceptors (Lipinski definition) is 2. The molecule has 0 aliphatic rings. The standard InChI is InChI=1S/C9H12N2O2/c1-5-8(4-12)10-6(2)9(5)11-7(3)13/h4,10H,1-3H3,(H,11,13). The van der Waals surface area contributed by atoms with Gasteiger partial charge in [0.25, 0.3) is 0 Å². The zero-order chi connectivity index (χ0) is 10.0. The molecule has 13 heavy (non-hydrogen) atoms. The highest BCUT2D eigenvalue weighted by Gasteiger charge is 2.10. The molecule has 70 valence electrons. The highest BCUT2D eigenvalue weighted by Crippen LogP contribution is 2.21. The number of carbonyl (C=O) groups excluding carboxylic acids is 2. The number of anilines is 1. The molecule has 0 aliphatic carbocycles. The first-order valence-electron chi connectivity index (χ1n) is 3.98. The smallest absolute Gasteiger partial charge is 0.221 e. The number of H-pyrrole nitrogens is 1. The lowest BCUT2D eigenvalue weighted by molar-refractivity contribution is -0.114. The lowest BCUT2D eigenvalue weighted by Crippen LogP contribution is -2.07. The zero-order valence-electron chi connectivity index (χ0n) is 7.89. The summed E-state index contributed by atoms with van der Waals surface area (Å²) in [6, 6.07) is 0. The van der Waals surface area contributed by atoms with Crippen molar-refractivity contribution in [1.29, 1.82) is 0 Å². The van der Waals surface area contributed by atoms with Gasteiger partial charge in [-0.3, -0.25) is 9.59 Å². The predicted molar refractivity (Wildman–Crippen MR) is 50.0 cm³/mol. The first kappa shape index (κ1) is 9.51. The minimum atomic E-state index is -0.136. The molecular weight excluding hydrogens is 168 g/mol. The number of aromatic nitrogens is 1. The molecule has 1 aromatic heterocycles. The Labute approximate surface area is 76.3 Å². The van der Waals surface area contributed by atoms with Crippen LogP contribution in [0.3, 0.4) is 0 Å². The molecule has 0 fully saturated rings. The Bertz CT molecular complexity index is 353. The first-order chi connectivity index (χ1) is 6.06. The summed E-state index contributed by atoms with van der Waals surface area (Å²) in [6.07, 6.45) is 0.744. The Balaban J connectivity index is 3.12. The van der Waals surface area contributed by atoms with Crippen LogP contribution < -0.4 is 5.32 Å². The molecule has 1 rings (SSSR count). The number of aldehydes is 1. The molecule has 2 N–H and O–H groups in total. The van der Waals surface area contributed by atoms with E-state index in [0.717, 1.165) is 17.5 Å². The molecule has 0 saturated heterocycles. The van der Waals surface area contributed by atoms with Crippen LogP contribution in [-0.2, 0) is 4.79 Å². The Morgan fingerprint density at radius 3 is 2.46 bits per heavy atom. The molecule has 0 saturated carbocycles. The van der Waals surface area contributed by atoms with Gasteiger partial charge in [-0.1, -0.05) is 0 Å². The van der Waals surface area contributed by atoms with Gasteiger partial charge in [0.15, 0.2) is 6.29 Å². The number of nitrogens with one attached hydrogen (secondary N) is 2. The van der Waals surface area contributed by atoms with E-state index in [2.05, 4.69) is 10.3 Å². The van der Waals surface area contributed by atoms with Crippen LogP contribution in [0.5, 0.6) is 0 Å². The van der Waals surface area contributed by atoms with E-state index in [1.54, 1.807) is 6.92 Å². The van der Waals surface area contributed by atoms with E-state index in [1.165, 1.54) is 6.92 Å². The second-order valence-electron chi connectivity index (χ2n) is 2.96. The zero-order valence-corrected chi connectivity index (χ0v) is 7.89. The van der Waals surface area contributed by atoms with E-state index in [4.69, 9.17) is 0 Å². The van der Waals surface area contributed by atoms with Crippen molar-refractivity contribution < 1.29 is 9.59 Å². The molecule has 0 aromatic carbocycles. The van der Waals surface area contributed by atoms with Crippen LogP contribution >= 0.6 is 0 Å². The Morgan fingerprint density at radius 2 is 2.08 bits per heavy atom. The summed E-state index contributed by atoms with van der Waals surface area (Å²) < 4.78 is 0. The summed E-state index contributed by atoms with van der Waals surface area (Å²) in [5.41, 5.74) is 2.80. The largest absolute Gasteiger partial charge is 0.354 e. The molecule has 0 spiro atoms. The molecule has 1 heterocycles. The van der Waals surface area contributed by atoms with E-state index in [1.807, 2.05) is 6.92 Å². The minimum absolute atomic E-state index is 0.136. The van der Waals surface area contributed by atoms with Crippen LogP contribution in [0.15, 0.2) is 0 Å². The third-order valence-electron chi connectivity index (χ3n) is 1.90. The van der Waals surface area contributed by atoms with Crippen molar-refractivity contribution in [2.24, 2.45) is 0 Å². The molecule has 0 bridgehead atoms. The van der Waals surface area contributed by atoms with Gasteiger partial charge >= 0.3 is 0 Å². The fraction of sp³-hybridized carbons (Fsp3) is 0.333. The minimum Gasteiger partial charge on any atom is -0.354 e. The molecule has 4 nitrogen and oxygen atoms in total. The van der Waals surface area contributed by atoms with Gasteiger partial charge in [0.1, 0.15) is 0 Å². The van der Waals surface area contributed by atoms with Crippen molar-refractivity contribution >= 4 is 17.9 Å². The number of hydrogen-bond donors (Lipinski definition) is 2. The Hall–Kier alpha value is -1.58. The summed E-state index contributed by atoms with van der Waals surface area (Å²) in [5.74, 6) is -0.136. The van der Waals surface area contributed by atoms with Gasteiger partial charge in [-0.15, -0.1) is 0 Å². The number of rotatable bonds is 2. The topological polar surface area (TPSA) is 62.0 Å². The van der Waals surface area contributed by atoms with Crippen LogP contribution in [0.25, 0.3) is 0 Å². The maximum atomic E-state index is 10.8. The van der Waals surface area contributed by atoms with Gasteiger partial charge in [0.2, 0.25) is 5.91 Å². The van der Waals surface area contributed by atoms with Crippen molar-refractivity contribution in [3.63, 3.8) is 0 Å². The maximum absolute atomic E-state index is 10.8. The first-order valence-corrected chi connectivity index (χ1v) is 3.98. The van der Waals surface area contributed by atoms with Gasteiger partial charge < -0.3 is 10.3 Å². The lowest BCUT2D eigenvalue weighted by atomic mass is 10.2. The molecule has 1 aromatic rings. The van der Waals surface area contributed by atoms with Crippen LogP contribution in [0.1, 0.15) is 28.7 Å². The fourth-order valence-electron chi connectivity index (χ4n) is 1.26. The van der Waals surface area contributed by atoms with Crippen LogP contribution in [0, 0.1) is 13.8 Å². The fourth-order valence-corrected chi connectivity index (χ4v) is 1.26. The Kier molecular flexibility index (Phi) is 2.51. The quantitative estimate of drug-likeness (QED) is 0.676. The van der Waals surface area contributed by atoms with E-state index in [9.17, 15) is 9.59 Å². The van der Waals surface area contributed by atoms with E-state index in [-0.39, 0.29) is 5.91 Å². The van der Waals surface area contributed by atoms with Crippen LogP contribution in [0.2, 0.25) is 0 Å². The third kappa shape index (κ3) is 1.77. The Morgan fingerprint density at radius 1 is 1.46 bits per heavy atom. The van der Waals surface area contributed by atoms with Crippen molar-refractivity contribution in [1.82, 2.24) is 4.98 Å². The van der Waals surface area contributed by atoms with Gasteiger partial charge in [-0.05, 0) is 13.8 Å². The summed E-state index contributed by atoms with van der Waals surface area (Å²) >= 11 is 0. The second-order valence-corrected chi connectivity index (χ2v) is 2.96. The normalized spacial score (nSPS) is 9.77. The van der Waals surface area contributed by atoms with E-state index >= 15 is 0 Å². The molecule has 0 unspecified atom stereocenters. The number of aromatic amines is 1. The van der Waals surface area contributed by atoms with Crippen molar-refractivity contribution in [3.05, 3.63) is 17.0 Å². The SMILES string of the molecule is CC(=O)Nc1c(C)[nH]c(C=O)c1C. The van der Waals surface area contributed by atoms with Gasteiger partial charge in [-0.2, -0.15) is 0 Å². The van der Waals surface area contributed by atoms with Crippen molar-refractivity contribution in [2.75, 3.05) is 5.32 Å². The van der Waals surface area contributed by atoms with Crippen molar-refractivity contribution in [2.45, 2.75) is 20.8 Å². The molecule has 4 heteroatoms. The van der Waals surface area contributed by atoms with E-state index in [0.29, 0.717) is 11.4 Å². The van der Waals surface area contributed by atoms with E-state index < -0.39 is 0 Å². The highest BCUT2D eigenvalue weighted by atomic mass is 16.1. The summed E-state index contributed by atoms with van der Waals surface area (Å²) in [7, 11) is 0. The lowest BCUT2D eigenvalue weighted by Gasteiger charge is -2.01. The van der Waals surface area contributed by atoms with Gasteiger partial charge in [-0.25, -0.2) is 0 Å². The third-order valence-corrected chi connectivity index (χ3v) is 1.90. The molecular formula is C9H12N2O2. The van der Waals surface area contributed by atoms with Crippen LogP contribution in [0.4, 0.5) is 5.69 Å². The van der Waals surface area contributed by atoms with Crippen molar-refractivity contribution in [3.8, 4) is 0 Å². The number of amides is 1. The number of carbonyl (C=O) groups is 2. The monoisotopic (exact) mass is 180 g/mol. The van der Waals surface area contributed by atoms with Gasteiger partial charge in [0.05, 0.1) is 11.4 Å². The molecule has 0 atom stereocenters. The highest BCUT2D eigenvalue weighted by molar-refractivity contribution is 5.92. The van der Waals surface area contributed by atoms with Gasteiger partial charge in [0, 0.05) is 18.2 Å². The second kappa shape index (κ2) is 3.43. The molecule has 0 aliphatic heterocycles. The molecule has 0 radical (unpaired) electrons. The molecule has 1 amide bonds. The average Bonchev–Trinajstić information content (AvgIpc) is 2.31.